The highest BCUT2D eigenvalue weighted by atomic mass is 79.9. The third-order valence-electron chi connectivity index (χ3n) is 3.38. The Bertz CT molecular complexity index is 841. The quantitative estimate of drug-likeness (QED) is 0.767. The number of aromatic carboxylic acids is 1. The van der Waals surface area contributed by atoms with Crippen molar-refractivity contribution in [3.63, 3.8) is 0 Å². The molecule has 0 spiro atoms. The zero-order chi connectivity index (χ0) is 15.0. The molecule has 0 radical (unpaired) electrons. The number of hydrogen-bond acceptors (Lipinski definition) is 1. The maximum absolute atomic E-state index is 13.4. The number of fused-ring (bicyclic) bond motifs is 1. The Morgan fingerprint density at radius 3 is 2.71 bits per heavy atom. The minimum atomic E-state index is -0.962. The van der Waals surface area contributed by atoms with E-state index in [0.29, 0.717) is 6.54 Å². The summed E-state index contributed by atoms with van der Waals surface area (Å²) in [5.74, 6) is -1.24. The fraction of sp³-hybridized carbons (Fsp3) is 0.0625. The molecule has 1 aromatic heterocycles. The topological polar surface area (TPSA) is 42.2 Å². The predicted molar refractivity (Wildman–Crippen MR) is 82.1 cm³/mol. The highest BCUT2D eigenvalue weighted by Crippen LogP contribution is 2.23. The molecule has 0 saturated carbocycles. The van der Waals surface area contributed by atoms with Crippen LogP contribution in [-0.2, 0) is 6.54 Å². The lowest BCUT2D eigenvalue weighted by atomic mass is 10.1. The summed E-state index contributed by atoms with van der Waals surface area (Å²) in [6.45, 7) is 0.535. The predicted octanol–water partition coefficient (Wildman–Crippen LogP) is 4.29. The normalized spacial score (nSPS) is 11.0. The van der Waals surface area contributed by atoms with Crippen LogP contribution in [0, 0.1) is 5.82 Å². The van der Waals surface area contributed by atoms with Crippen LogP contribution in [0.5, 0.6) is 0 Å². The summed E-state index contributed by atoms with van der Waals surface area (Å²) >= 11 is 3.39. The monoisotopic (exact) mass is 347 g/mol. The van der Waals surface area contributed by atoms with E-state index in [2.05, 4.69) is 15.9 Å². The minimum Gasteiger partial charge on any atom is -0.478 e. The van der Waals surface area contributed by atoms with Gasteiger partial charge in [-0.1, -0.05) is 22.0 Å². The van der Waals surface area contributed by atoms with E-state index in [1.165, 1.54) is 12.1 Å². The van der Waals surface area contributed by atoms with Crippen LogP contribution in [0.25, 0.3) is 10.9 Å². The number of aromatic nitrogens is 1. The molecule has 0 fully saturated rings. The largest absolute Gasteiger partial charge is 0.478 e. The number of carboxylic acid groups (broad SMARTS) is 1. The SMILES string of the molecule is O=C(O)c1ccc(Cn2ccc3ccc(F)cc32)c(Br)c1. The van der Waals surface area contributed by atoms with Gasteiger partial charge in [-0.15, -0.1) is 0 Å². The second-order valence-electron chi connectivity index (χ2n) is 4.76. The van der Waals surface area contributed by atoms with Gasteiger partial charge in [0.05, 0.1) is 11.1 Å². The molecule has 0 atom stereocenters. The molecule has 5 heteroatoms. The number of halogens is 2. The van der Waals surface area contributed by atoms with Gasteiger partial charge in [-0.25, -0.2) is 9.18 Å². The molecule has 106 valence electrons. The number of hydrogen-bond donors (Lipinski definition) is 1. The molecule has 0 saturated heterocycles. The van der Waals surface area contributed by atoms with Gasteiger partial charge in [0.2, 0.25) is 0 Å². The van der Waals surface area contributed by atoms with Gasteiger partial charge in [-0.05, 0) is 47.3 Å². The zero-order valence-corrected chi connectivity index (χ0v) is 12.5. The van der Waals surface area contributed by atoms with E-state index in [0.717, 1.165) is 20.9 Å². The fourth-order valence-corrected chi connectivity index (χ4v) is 2.79. The summed E-state index contributed by atoms with van der Waals surface area (Å²) in [6, 6.07) is 11.5. The Kier molecular flexibility index (Phi) is 3.51. The van der Waals surface area contributed by atoms with Gasteiger partial charge in [0.15, 0.2) is 0 Å². The highest BCUT2D eigenvalue weighted by Gasteiger charge is 2.09. The van der Waals surface area contributed by atoms with Crippen molar-refractivity contribution in [2.45, 2.75) is 6.54 Å². The molecule has 0 unspecified atom stereocenters. The van der Waals surface area contributed by atoms with Crippen LogP contribution in [0.2, 0.25) is 0 Å². The molecule has 3 rings (SSSR count). The van der Waals surface area contributed by atoms with Crippen LogP contribution >= 0.6 is 15.9 Å². The van der Waals surface area contributed by atoms with Crippen LogP contribution in [0.15, 0.2) is 53.1 Å². The van der Waals surface area contributed by atoms with Gasteiger partial charge >= 0.3 is 5.97 Å². The van der Waals surface area contributed by atoms with Crippen LogP contribution in [0.3, 0.4) is 0 Å². The van der Waals surface area contributed by atoms with Crippen molar-refractivity contribution in [1.82, 2.24) is 4.57 Å². The Morgan fingerprint density at radius 2 is 2.00 bits per heavy atom. The van der Waals surface area contributed by atoms with Crippen LogP contribution in [0.1, 0.15) is 15.9 Å². The first-order chi connectivity index (χ1) is 10.0. The van der Waals surface area contributed by atoms with Crippen LogP contribution < -0.4 is 0 Å². The summed E-state index contributed by atoms with van der Waals surface area (Å²) in [5.41, 5.74) is 1.97. The first-order valence-electron chi connectivity index (χ1n) is 6.31. The average molecular weight is 348 g/mol. The highest BCUT2D eigenvalue weighted by molar-refractivity contribution is 9.10. The molecule has 3 nitrogen and oxygen atoms in total. The zero-order valence-electron chi connectivity index (χ0n) is 10.9. The Morgan fingerprint density at radius 1 is 1.19 bits per heavy atom. The molecule has 1 N–H and O–H groups in total. The van der Waals surface area contributed by atoms with E-state index in [-0.39, 0.29) is 11.4 Å². The van der Waals surface area contributed by atoms with E-state index < -0.39 is 5.97 Å². The maximum atomic E-state index is 13.4. The molecular weight excluding hydrogens is 337 g/mol. The standard InChI is InChI=1S/C16H11BrFNO2/c17-14-7-11(16(20)21)1-2-12(14)9-19-6-5-10-3-4-13(18)8-15(10)19/h1-8H,9H2,(H,20,21). The van der Waals surface area contributed by atoms with Gasteiger partial charge in [0.1, 0.15) is 5.82 Å². The van der Waals surface area contributed by atoms with Crippen molar-refractivity contribution in [2.75, 3.05) is 0 Å². The van der Waals surface area contributed by atoms with E-state index in [9.17, 15) is 9.18 Å². The van der Waals surface area contributed by atoms with Crippen molar-refractivity contribution in [3.05, 3.63) is 70.1 Å². The van der Waals surface area contributed by atoms with E-state index >= 15 is 0 Å². The average Bonchev–Trinajstić information content (AvgIpc) is 2.83. The number of carboxylic acids is 1. The Labute approximate surface area is 128 Å². The molecule has 0 aliphatic heterocycles. The van der Waals surface area contributed by atoms with Gasteiger partial charge < -0.3 is 9.67 Å². The molecule has 0 amide bonds. The lowest BCUT2D eigenvalue weighted by molar-refractivity contribution is 0.0697. The second kappa shape index (κ2) is 5.33. The van der Waals surface area contributed by atoms with Gasteiger partial charge in [-0.2, -0.15) is 0 Å². The fourth-order valence-electron chi connectivity index (χ4n) is 2.29. The number of benzene rings is 2. The van der Waals surface area contributed by atoms with Crippen LogP contribution in [0.4, 0.5) is 4.39 Å². The lowest BCUT2D eigenvalue weighted by Gasteiger charge is -2.09. The third-order valence-corrected chi connectivity index (χ3v) is 4.11. The first-order valence-corrected chi connectivity index (χ1v) is 7.10. The van der Waals surface area contributed by atoms with Crippen molar-refractivity contribution >= 4 is 32.8 Å². The van der Waals surface area contributed by atoms with Crippen molar-refractivity contribution in [2.24, 2.45) is 0 Å². The van der Waals surface area contributed by atoms with Crippen molar-refractivity contribution in [3.8, 4) is 0 Å². The number of nitrogens with zero attached hydrogens (tertiary/aromatic N) is 1. The summed E-state index contributed by atoms with van der Waals surface area (Å²) < 4.78 is 16.0. The Hall–Kier alpha value is -2.14. The third kappa shape index (κ3) is 2.69. The molecule has 0 bridgehead atoms. The summed E-state index contributed by atoms with van der Waals surface area (Å²) in [7, 11) is 0. The number of rotatable bonds is 3. The van der Waals surface area contributed by atoms with Gasteiger partial charge in [0.25, 0.3) is 0 Å². The van der Waals surface area contributed by atoms with Crippen molar-refractivity contribution in [1.29, 1.82) is 0 Å². The van der Waals surface area contributed by atoms with E-state index in [1.807, 2.05) is 16.8 Å². The van der Waals surface area contributed by atoms with E-state index in [4.69, 9.17) is 5.11 Å². The summed E-state index contributed by atoms with van der Waals surface area (Å²) in [5, 5.41) is 9.93. The van der Waals surface area contributed by atoms with Crippen molar-refractivity contribution < 1.29 is 14.3 Å². The molecule has 21 heavy (non-hydrogen) atoms. The molecule has 2 aromatic carbocycles. The first kappa shape index (κ1) is 13.8. The summed E-state index contributed by atoms with van der Waals surface area (Å²) in [6.07, 6.45) is 1.89. The second-order valence-corrected chi connectivity index (χ2v) is 5.61. The molecule has 0 aliphatic carbocycles. The van der Waals surface area contributed by atoms with E-state index in [1.54, 1.807) is 24.3 Å². The van der Waals surface area contributed by atoms with Gasteiger partial charge in [0, 0.05) is 17.2 Å². The lowest BCUT2D eigenvalue weighted by Crippen LogP contribution is -2.01. The minimum absolute atomic E-state index is 0.231. The molecule has 3 aromatic rings. The van der Waals surface area contributed by atoms with Crippen LogP contribution in [-0.4, -0.2) is 15.6 Å². The molecule has 1 heterocycles. The maximum Gasteiger partial charge on any atom is 0.335 e. The molecular formula is C16H11BrFNO2. The van der Waals surface area contributed by atoms with Gasteiger partial charge in [-0.3, -0.25) is 0 Å². The number of carbonyl (C=O) groups is 1. The summed E-state index contributed by atoms with van der Waals surface area (Å²) in [4.78, 5) is 10.9. The smallest absolute Gasteiger partial charge is 0.335 e. The Balaban J connectivity index is 1.99. The molecule has 0 aliphatic rings.